The molecule has 0 bridgehead atoms. The minimum absolute atomic E-state index is 0.0718. The number of amides is 1. The number of imidazole rings is 1. The van der Waals surface area contributed by atoms with Crippen molar-refractivity contribution >= 4 is 62.9 Å². The van der Waals surface area contributed by atoms with Crippen LogP contribution in [0.25, 0.3) is 11.4 Å². The number of aliphatic hydroxyl groups is 1. The number of aryl methyl sites for hydroxylation is 1. The number of Topliss-reactive ketones (excluding diaryl/α,β-unsaturated/α-hetero) is 1. The summed E-state index contributed by atoms with van der Waals surface area (Å²) in [7, 11) is 1.53. The quantitative estimate of drug-likeness (QED) is 0.0784. The predicted octanol–water partition coefficient (Wildman–Crippen LogP) is 6.07. The first-order chi connectivity index (χ1) is 19.9. The third-order valence-corrected chi connectivity index (χ3v) is 9.17. The van der Waals surface area contributed by atoms with Crippen molar-refractivity contribution in [2.75, 3.05) is 12.0 Å². The maximum Gasteiger partial charge on any atom is 0.301 e. The van der Waals surface area contributed by atoms with Crippen LogP contribution in [0.15, 0.2) is 82.8 Å². The molecule has 1 saturated heterocycles. The molecule has 0 radical (unpaired) electrons. The molecule has 206 valence electrons. The minimum atomic E-state index is -0.979. The van der Waals surface area contributed by atoms with Gasteiger partial charge in [0.1, 0.15) is 17.1 Å². The SMILES string of the molecule is COc1cccc(C2C(=C(O)c3c(C)nc4ccccn34)C(=O)C(=O)N2c2nnc(SCc3ccccc3Cl)s2)c1. The Morgan fingerprint density at radius 1 is 1.10 bits per heavy atom. The number of aromatic nitrogens is 4. The molecule has 6 rings (SSSR count). The molecule has 0 saturated carbocycles. The van der Waals surface area contributed by atoms with Crippen LogP contribution >= 0.6 is 34.7 Å². The third-order valence-electron chi connectivity index (χ3n) is 6.69. The molecule has 41 heavy (non-hydrogen) atoms. The second-order valence-electron chi connectivity index (χ2n) is 9.15. The zero-order chi connectivity index (χ0) is 28.7. The average molecular weight is 604 g/mol. The topological polar surface area (TPSA) is 110 Å². The van der Waals surface area contributed by atoms with Gasteiger partial charge in [-0.05, 0) is 48.4 Å². The largest absolute Gasteiger partial charge is 0.505 e. The fraction of sp³-hybridized carbons (Fsp3) is 0.138. The lowest BCUT2D eigenvalue weighted by Crippen LogP contribution is -2.29. The maximum atomic E-state index is 13.6. The van der Waals surface area contributed by atoms with Crippen molar-refractivity contribution in [3.63, 3.8) is 0 Å². The van der Waals surface area contributed by atoms with Crippen LogP contribution in [0.2, 0.25) is 5.02 Å². The molecule has 1 unspecified atom stereocenters. The maximum absolute atomic E-state index is 13.6. The van der Waals surface area contributed by atoms with Crippen molar-refractivity contribution in [3.05, 3.63) is 106 Å². The van der Waals surface area contributed by atoms with Crippen LogP contribution in [0.1, 0.15) is 28.6 Å². The van der Waals surface area contributed by atoms with Crippen LogP contribution < -0.4 is 9.64 Å². The molecule has 1 aliphatic rings. The van der Waals surface area contributed by atoms with E-state index < -0.39 is 17.7 Å². The van der Waals surface area contributed by atoms with E-state index in [1.165, 1.54) is 35.1 Å². The van der Waals surface area contributed by atoms with Crippen molar-refractivity contribution in [2.45, 2.75) is 23.1 Å². The molecule has 4 heterocycles. The van der Waals surface area contributed by atoms with Crippen molar-refractivity contribution < 1.29 is 19.4 Å². The summed E-state index contributed by atoms with van der Waals surface area (Å²) in [6, 6.07) is 19.0. The fourth-order valence-electron chi connectivity index (χ4n) is 4.80. The number of hydrogen-bond donors (Lipinski definition) is 1. The van der Waals surface area contributed by atoms with E-state index in [2.05, 4.69) is 15.2 Å². The van der Waals surface area contributed by atoms with Crippen molar-refractivity contribution in [1.29, 1.82) is 0 Å². The number of hydrogen-bond acceptors (Lipinski definition) is 9. The summed E-state index contributed by atoms with van der Waals surface area (Å²) in [5.74, 6) is -0.884. The van der Waals surface area contributed by atoms with E-state index in [1.807, 2.05) is 30.3 Å². The molecule has 2 aromatic carbocycles. The summed E-state index contributed by atoms with van der Waals surface area (Å²) in [5, 5.41) is 21.1. The first-order valence-corrected chi connectivity index (χ1v) is 14.6. The highest BCUT2D eigenvalue weighted by molar-refractivity contribution is 8.00. The van der Waals surface area contributed by atoms with E-state index in [0.29, 0.717) is 43.5 Å². The number of carbonyl (C=O) groups excluding carboxylic acids is 2. The van der Waals surface area contributed by atoms with Crippen LogP contribution in [0.5, 0.6) is 5.75 Å². The van der Waals surface area contributed by atoms with Crippen LogP contribution in [0.3, 0.4) is 0 Å². The summed E-state index contributed by atoms with van der Waals surface area (Å²) in [5.41, 5.74) is 2.88. The van der Waals surface area contributed by atoms with E-state index in [9.17, 15) is 14.7 Å². The summed E-state index contributed by atoms with van der Waals surface area (Å²) in [6.07, 6.45) is 1.74. The highest BCUT2D eigenvalue weighted by atomic mass is 35.5. The molecule has 12 heteroatoms. The number of thioether (sulfide) groups is 1. The summed E-state index contributed by atoms with van der Waals surface area (Å²) in [6.45, 7) is 1.74. The number of ether oxygens (including phenoxy) is 1. The number of benzene rings is 2. The zero-order valence-electron chi connectivity index (χ0n) is 21.8. The molecule has 1 N–H and O–H groups in total. The lowest BCUT2D eigenvalue weighted by atomic mass is 9.96. The summed E-state index contributed by atoms with van der Waals surface area (Å²) in [4.78, 5) is 33.0. The minimum Gasteiger partial charge on any atom is -0.505 e. The Labute approximate surface area is 248 Å². The lowest BCUT2D eigenvalue weighted by molar-refractivity contribution is -0.132. The van der Waals surface area contributed by atoms with E-state index in [0.717, 1.165) is 5.56 Å². The van der Waals surface area contributed by atoms with Gasteiger partial charge < -0.3 is 9.84 Å². The number of fused-ring (bicyclic) bond motifs is 1. The van der Waals surface area contributed by atoms with Gasteiger partial charge in [-0.3, -0.25) is 18.9 Å². The molecular formula is C29H22ClN5O4S2. The molecular weight excluding hydrogens is 582 g/mol. The lowest BCUT2D eigenvalue weighted by Gasteiger charge is -2.22. The Hall–Kier alpha value is -4.19. The summed E-state index contributed by atoms with van der Waals surface area (Å²) < 4.78 is 7.71. The van der Waals surface area contributed by atoms with Gasteiger partial charge in [-0.2, -0.15) is 0 Å². The second-order valence-corrected chi connectivity index (χ2v) is 11.7. The smallest absolute Gasteiger partial charge is 0.301 e. The Bertz CT molecular complexity index is 1850. The van der Waals surface area contributed by atoms with Crippen molar-refractivity contribution in [2.24, 2.45) is 0 Å². The molecule has 9 nitrogen and oxygen atoms in total. The van der Waals surface area contributed by atoms with Crippen LogP contribution in [0.4, 0.5) is 5.13 Å². The number of nitrogens with zero attached hydrogens (tertiary/aromatic N) is 5. The van der Waals surface area contributed by atoms with Crippen molar-refractivity contribution in [1.82, 2.24) is 19.6 Å². The molecule has 1 fully saturated rings. The van der Waals surface area contributed by atoms with E-state index in [4.69, 9.17) is 16.3 Å². The van der Waals surface area contributed by atoms with Gasteiger partial charge in [0.05, 0.1) is 24.4 Å². The Kier molecular flexibility index (Phi) is 7.24. The van der Waals surface area contributed by atoms with Crippen LogP contribution in [-0.2, 0) is 15.3 Å². The first-order valence-electron chi connectivity index (χ1n) is 12.5. The predicted molar refractivity (Wildman–Crippen MR) is 159 cm³/mol. The van der Waals surface area contributed by atoms with Gasteiger partial charge in [0.25, 0.3) is 5.78 Å². The van der Waals surface area contributed by atoms with Gasteiger partial charge in [0.2, 0.25) is 5.13 Å². The number of anilines is 1. The highest BCUT2D eigenvalue weighted by Gasteiger charge is 2.49. The molecule has 1 aliphatic heterocycles. The molecule has 5 aromatic rings. The normalized spacial score (nSPS) is 16.6. The van der Waals surface area contributed by atoms with E-state index in [-0.39, 0.29) is 16.5 Å². The number of halogens is 1. The van der Waals surface area contributed by atoms with Gasteiger partial charge >= 0.3 is 5.91 Å². The number of pyridine rings is 1. The van der Waals surface area contributed by atoms with Crippen LogP contribution in [-0.4, -0.2) is 43.5 Å². The van der Waals surface area contributed by atoms with Gasteiger partial charge in [-0.1, -0.05) is 71.1 Å². The first kappa shape index (κ1) is 27.0. The highest BCUT2D eigenvalue weighted by Crippen LogP contribution is 2.45. The zero-order valence-corrected chi connectivity index (χ0v) is 24.2. The third kappa shape index (κ3) is 4.86. The average Bonchev–Trinajstić information content (AvgIpc) is 3.66. The monoisotopic (exact) mass is 603 g/mol. The number of rotatable bonds is 7. The Balaban J connectivity index is 1.45. The Morgan fingerprint density at radius 3 is 2.71 bits per heavy atom. The standard InChI is InChI=1S/C29H22ClN5O4S2/c1-16-23(34-13-6-5-12-21(34)31-16)25(36)22-24(17-9-7-10-19(14-17)39-2)35(27(38)26(22)37)28-32-33-29(41-28)40-15-18-8-3-4-11-20(18)30/h3-14,24,36H,15H2,1-2H3. The molecule has 1 atom stereocenters. The van der Waals surface area contributed by atoms with E-state index in [1.54, 1.807) is 53.9 Å². The number of carbonyl (C=O) groups is 2. The van der Waals surface area contributed by atoms with Crippen LogP contribution in [0, 0.1) is 6.92 Å². The number of methoxy groups -OCH3 is 1. The second kappa shape index (κ2) is 11.0. The van der Waals surface area contributed by atoms with Gasteiger partial charge in [0.15, 0.2) is 10.1 Å². The molecule has 1 amide bonds. The van der Waals surface area contributed by atoms with Gasteiger partial charge in [-0.25, -0.2) is 4.98 Å². The molecule has 0 spiro atoms. The Morgan fingerprint density at radius 2 is 1.90 bits per heavy atom. The van der Waals surface area contributed by atoms with Gasteiger partial charge in [0, 0.05) is 17.0 Å². The molecule has 0 aliphatic carbocycles. The molecule has 3 aromatic heterocycles. The fourth-order valence-corrected chi connectivity index (χ4v) is 6.95. The van der Waals surface area contributed by atoms with Crippen molar-refractivity contribution in [3.8, 4) is 5.75 Å². The summed E-state index contributed by atoms with van der Waals surface area (Å²) >= 11 is 8.91. The number of aliphatic hydroxyl groups excluding tert-OH is 1. The van der Waals surface area contributed by atoms with Gasteiger partial charge in [-0.15, -0.1) is 10.2 Å². The van der Waals surface area contributed by atoms with E-state index >= 15 is 0 Å². The number of ketones is 1.